The van der Waals surface area contributed by atoms with Crippen LogP contribution in [0.4, 0.5) is 0 Å². The van der Waals surface area contributed by atoms with Crippen LogP contribution in [0.2, 0.25) is 0 Å². The molecule has 0 aromatic heterocycles. The summed E-state index contributed by atoms with van der Waals surface area (Å²) < 4.78 is 5.86. The number of aromatic hydroxyl groups is 3. The van der Waals surface area contributed by atoms with Gasteiger partial charge in [-0.2, -0.15) is 0 Å². The molecule has 1 saturated carbocycles. The zero-order valence-electron chi connectivity index (χ0n) is 14.1. The Labute approximate surface area is 153 Å². The molecule has 4 N–H and O–H groups in total. The number of hydrogen-bond acceptors (Lipinski definition) is 7. The van der Waals surface area contributed by atoms with Gasteiger partial charge in [-0.1, -0.05) is 0 Å². The third-order valence-corrected chi connectivity index (χ3v) is 5.76. The molecule has 7 nitrogen and oxygen atoms in total. The Hall–Kier alpha value is -3.06. The van der Waals surface area contributed by atoms with Crippen LogP contribution in [0.25, 0.3) is 0 Å². The maximum absolute atomic E-state index is 13.0. The molecule has 5 rings (SSSR count). The molecule has 2 aromatic carbocycles. The molecule has 0 unspecified atom stereocenters. The smallest absolute Gasteiger partial charge is 0.201 e. The van der Waals surface area contributed by atoms with Gasteiger partial charge in [0.2, 0.25) is 5.78 Å². The SMILES string of the molecule is O=C1c2cc(O)cc(O)c2C(=O)c2c1cc1c(c2O)[C@H]2CC[C@@H](O)C[C@H]2O1. The van der Waals surface area contributed by atoms with Crippen LogP contribution in [0.15, 0.2) is 18.2 Å². The van der Waals surface area contributed by atoms with Gasteiger partial charge in [-0.15, -0.1) is 0 Å². The van der Waals surface area contributed by atoms with Crippen molar-refractivity contribution in [3.05, 3.63) is 46.0 Å². The number of phenols is 3. The zero-order valence-corrected chi connectivity index (χ0v) is 14.1. The second kappa shape index (κ2) is 5.23. The monoisotopic (exact) mass is 368 g/mol. The fraction of sp³-hybridized carbons (Fsp3) is 0.300. The summed E-state index contributed by atoms with van der Waals surface area (Å²) in [6.07, 6.45) is 0.785. The van der Waals surface area contributed by atoms with Crippen LogP contribution in [0.5, 0.6) is 23.0 Å². The van der Waals surface area contributed by atoms with Crippen molar-refractivity contribution in [2.75, 3.05) is 0 Å². The van der Waals surface area contributed by atoms with E-state index in [-0.39, 0.29) is 45.8 Å². The number of benzene rings is 2. The van der Waals surface area contributed by atoms with Crippen molar-refractivity contribution < 1.29 is 34.8 Å². The second-order valence-corrected chi connectivity index (χ2v) is 7.33. The molecule has 3 aliphatic rings. The quantitative estimate of drug-likeness (QED) is 0.478. The van der Waals surface area contributed by atoms with Crippen LogP contribution in [0.3, 0.4) is 0 Å². The highest BCUT2D eigenvalue weighted by molar-refractivity contribution is 6.30. The third-order valence-electron chi connectivity index (χ3n) is 5.76. The van der Waals surface area contributed by atoms with Gasteiger partial charge in [0.05, 0.1) is 17.2 Å². The fourth-order valence-corrected chi connectivity index (χ4v) is 4.56. The Bertz CT molecular complexity index is 1040. The minimum atomic E-state index is -0.670. The lowest BCUT2D eigenvalue weighted by Gasteiger charge is -2.28. The van der Waals surface area contributed by atoms with Crippen molar-refractivity contribution in [2.45, 2.75) is 37.4 Å². The Kier molecular flexibility index (Phi) is 3.13. The van der Waals surface area contributed by atoms with Crippen LogP contribution in [-0.4, -0.2) is 44.2 Å². The van der Waals surface area contributed by atoms with Crippen molar-refractivity contribution in [3.63, 3.8) is 0 Å². The molecular formula is C20H16O7. The average molecular weight is 368 g/mol. The number of aliphatic hydroxyl groups excluding tert-OH is 1. The third kappa shape index (κ3) is 2.06. The molecule has 0 saturated heterocycles. The lowest BCUT2D eigenvalue weighted by molar-refractivity contribution is 0.0548. The highest BCUT2D eigenvalue weighted by atomic mass is 16.5. The molecule has 0 radical (unpaired) electrons. The molecule has 0 amide bonds. The maximum atomic E-state index is 13.0. The Morgan fingerprint density at radius 3 is 2.44 bits per heavy atom. The van der Waals surface area contributed by atoms with Crippen molar-refractivity contribution >= 4 is 11.6 Å². The first-order valence-corrected chi connectivity index (χ1v) is 8.76. The van der Waals surface area contributed by atoms with Gasteiger partial charge in [0, 0.05) is 35.1 Å². The fourth-order valence-electron chi connectivity index (χ4n) is 4.56. The topological polar surface area (TPSA) is 124 Å². The van der Waals surface area contributed by atoms with Crippen molar-refractivity contribution in [3.8, 4) is 23.0 Å². The highest BCUT2D eigenvalue weighted by Gasteiger charge is 2.45. The predicted molar refractivity (Wildman–Crippen MR) is 91.8 cm³/mol. The van der Waals surface area contributed by atoms with E-state index >= 15 is 0 Å². The molecule has 2 aromatic rings. The first-order valence-electron chi connectivity index (χ1n) is 8.76. The minimum Gasteiger partial charge on any atom is -0.508 e. The summed E-state index contributed by atoms with van der Waals surface area (Å²) in [5.74, 6) is -2.22. The van der Waals surface area contributed by atoms with E-state index in [4.69, 9.17) is 4.74 Å². The van der Waals surface area contributed by atoms with E-state index < -0.39 is 23.4 Å². The maximum Gasteiger partial charge on any atom is 0.201 e. The summed E-state index contributed by atoms with van der Waals surface area (Å²) in [5, 5.41) is 40.5. The van der Waals surface area contributed by atoms with Crippen LogP contribution >= 0.6 is 0 Å². The van der Waals surface area contributed by atoms with E-state index in [0.717, 1.165) is 12.1 Å². The number of aliphatic hydroxyl groups is 1. The number of phenolic OH excluding ortho intramolecular Hbond substituents is 3. The number of hydrogen-bond donors (Lipinski definition) is 4. The molecule has 7 heteroatoms. The largest absolute Gasteiger partial charge is 0.508 e. The van der Waals surface area contributed by atoms with Crippen LogP contribution in [0.1, 0.15) is 62.6 Å². The number of ether oxygens (including phenoxy) is 1. The first-order chi connectivity index (χ1) is 12.9. The lowest BCUT2D eigenvalue weighted by Crippen LogP contribution is -2.30. The van der Waals surface area contributed by atoms with E-state index in [2.05, 4.69) is 0 Å². The number of fused-ring (bicyclic) bond motifs is 5. The zero-order chi connectivity index (χ0) is 19.0. The van der Waals surface area contributed by atoms with Gasteiger partial charge in [-0.05, 0) is 25.0 Å². The number of rotatable bonds is 0. The van der Waals surface area contributed by atoms with Crippen molar-refractivity contribution in [2.24, 2.45) is 0 Å². The van der Waals surface area contributed by atoms with Gasteiger partial charge in [-0.3, -0.25) is 9.59 Å². The van der Waals surface area contributed by atoms with E-state index in [1.54, 1.807) is 0 Å². The molecule has 3 atom stereocenters. The summed E-state index contributed by atoms with van der Waals surface area (Å²) in [7, 11) is 0. The van der Waals surface area contributed by atoms with Gasteiger partial charge in [0.25, 0.3) is 0 Å². The molecule has 0 bridgehead atoms. The summed E-state index contributed by atoms with van der Waals surface area (Å²) in [5.41, 5.74) is -0.0330. The van der Waals surface area contributed by atoms with Gasteiger partial charge in [0.15, 0.2) is 5.78 Å². The Morgan fingerprint density at radius 1 is 0.926 bits per heavy atom. The molecule has 2 aliphatic carbocycles. The van der Waals surface area contributed by atoms with Crippen LogP contribution < -0.4 is 4.74 Å². The summed E-state index contributed by atoms with van der Waals surface area (Å²) in [4.78, 5) is 25.9. The molecule has 1 aliphatic heterocycles. The molecule has 138 valence electrons. The van der Waals surface area contributed by atoms with Gasteiger partial charge in [-0.25, -0.2) is 0 Å². The van der Waals surface area contributed by atoms with Gasteiger partial charge < -0.3 is 25.2 Å². The van der Waals surface area contributed by atoms with Crippen LogP contribution in [-0.2, 0) is 0 Å². The van der Waals surface area contributed by atoms with E-state index in [1.807, 2.05) is 0 Å². The lowest BCUT2D eigenvalue weighted by atomic mass is 9.77. The normalized spacial score (nSPS) is 25.3. The average Bonchev–Trinajstić information content (AvgIpc) is 2.96. The van der Waals surface area contributed by atoms with E-state index in [1.165, 1.54) is 6.07 Å². The standard InChI is InChI=1S/C20H16O7/c21-7-1-2-9-13(5-7)27-14-6-11-17(20(26)16(9)14)19(25)15-10(18(11)24)3-8(22)4-12(15)23/h3-4,6-7,9,13,21-23,26H,1-2,5H2/t7-,9+,13-/m1/s1. The number of ketones is 2. The summed E-state index contributed by atoms with van der Waals surface area (Å²) in [6, 6.07) is 3.56. The van der Waals surface area contributed by atoms with Crippen LogP contribution in [0, 0.1) is 0 Å². The highest BCUT2D eigenvalue weighted by Crippen LogP contribution is 2.53. The van der Waals surface area contributed by atoms with Crippen molar-refractivity contribution in [1.82, 2.24) is 0 Å². The Balaban J connectivity index is 1.72. The summed E-state index contributed by atoms with van der Waals surface area (Å²) in [6.45, 7) is 0. The molecule has 0 spiro atoms. The first kappa shape index (κ1) is 16.1. The molecule has 1 heterocycles. The summed E-state index contributed by atoms with van der Waals surface area (Å²) >= 11 is 0. The predicted octanol–water partition coefficient (Wildman–Crippen LogP) is 1.97. The van der Waals surface area contributed by atoms with Crippen molar-refractivity contribution in [1.29, 1.82) is 0 Å². The molecular weight excluding hydrogens is 352 g/mol. The van der Waals surface area contributed by atoms with Gasteiger partial charge in [0.1, 0.15) is 29.1 Å². The minimum absolute atomic E-state index is 0.0204. The number of carbonyl (C=O) groups excluding carboxylic acids is 2. The Morgan fingerprint density at radius 2 is 1.67 bits per heavy atom. The van der Waals surface area contributed by atoms with Gasteiger partial charge >= 0.3 is 0 Å². The number of carbonyl (C=O) groups is 2. The molecule has 27 heavy (non-hydrogen) atoms. The second-order valence-electron chi connectivity index (χ2n) is 7.33. The van der Waals surface area contributed by atoms with E-state index in [0.29, 0.717) is 30.6 Å². The van der Waals surface area contributed by atoms with E-state index in [9.17, 15) is 30.0 Å². The molecule has 1 fully saturated rings.